The number of nitriles is 1. The normalized spacial score (nSPS) is 10.2. The maximum Gasteiger partial charge on any atom is 0.148 e. The summed E-state index contributed by atoms with van der Waals surface area (Å²) in [6.07, 6.45) is 2.69. The molecular formula is C12H16ClN3. The molecule has 1 rings (SSSR count). The van der Waals surface area contributed by atoms with Crippen molar-refractivity contribution < 1.29 is 0 Å². The van der Waals surface area contributed by atoms with Crippen LogP contribution in [0.4, 0.5) is 5.82 Å². The van der Waals surface area contributed by atoms with Crippen molar-refractivity contribution in [3.63, 3.8) is 0 Å². The van der Waals surface area contributed by atoms with Crippen molar-refractivity contribution in [3.8, 4) is 6.07 Å². The van der Waals surface area contributed by atoms with Gasteiger partial charge in [0, 0.05) is 19.8 Å². The molecule has 0 bridgehead atoms. The number of nitrogens with zero attached hydrogens (tertiary/aromatic N) is 3. The number of hydrogen-bond donors (Lipinski definition) is 0. The quantitative estimate of drug-likeness (QED) is 0.808. The molecule has 1 aromatic heterocycles. The fourth-order valence-corrected chi connectivity index (χ4v) is 1.64. The highest BCUT2D eigenvalue weighted by Gasteiger charge is 2.11. The van der Waals surface area contributed by atoms with Crippen LogP contribution in [0.3, 0.4) is 0 Å². The van der Waals surface area contributed by atoms with Crippen LogP contribution in [0.1, 0.15) is 25.8 Å². The van der Waals surface area contributed by atoms with Crippen molar-refractivity contribution in [1.29, 1.82) is 5.26 Å². The molecule has 16 heavy (non-hydrogen) atoms. The van der Waals surface area contributed by atoms with E-state index < -0.39 is 0 Å². The van der Waals surface area contributed by atoms with Crippen LogP contribution in [0.15, 0.2) is 12.3 Å². The third-order valence-corrected chi connectivity index (χ3v) is 2.77. The van der Waals surface area contributed by atoms with Crippen molar-refractivity contribution in [3.05, 3.63) is 22.8 Å². The first-order valence-corrected chi connectivity index (χ1v) is 5.69. The lowest BCUT2D eigenvalue weighted by Crippen LogP contribution is -2.21. The molecule has 0 aliphatic rings. The van der Waals surface area contributed by atoms with Gasteiger partial charge >= 0.3 is 0 Å². The molecule has 0 saturated heterocycles. The Morgan fingerprint density at radius 3 is 2.81 bits per heavy atom. The Bertz CT molecular complexity index is 396. The Hall–Kier alpha value is -1.27. The van der Waals surface area contributed by atoms with Crippen LogP contribution < -0.4 is 4.90 Å². The third kappa shape index (κ3) is 3.11. The van der Waals surface area contributed by atoms with E-state index in [-0.39, 0.29) is 0 Å². The molecule has 0 saturated carbocycles. The van der Waals surface area contributed by atoms with Crippen molar-refractivity contribution in [2.24, 2.45) is 5.92 Å². The molecule has 0 radical (unpaired) electrons. The monoisotopic (exact) mass is 237 g/mol. The number of pyridine rings is 1. The predicted molar refractivity (Wildman–Crippen MR) is 66.7 cm³/mol. The summed E-state index contributed by atoms with van der Waals surface area (Å²) >= 11 is 6.09. The molecule has 1 heterocycles. The van der Waals surface area contributed by atoms with Gasteiger partial charge in [-0.15, -0.1) is 0 Å². The summed E-state index contributed by atoms with van der Waals surface area (Å²) in [5, 5.41) is 9.30. The fourth-order valence-electron chi connectivity index (χ4n) is 1.34. The molecule has 86 valence electrons. The minimum Gasteiger partial charge on any atom is -0.358 e. The molecule has 0 N–H and O–H groups in total. The van der Waals surface area contributed by atoms with Crippen LogP contribution in [-0.4, -0.2) is 18.6 Å². The number of aromatic nitrogens is 1. The summed E-state index contributed by atoms with van der Waals surface area (Å²) in [7, 11) is 1.94. The second kappa shape index (κ2) is 5.72. The molecule has 0 unspecified atom stereocenters. The van der Waals surface area contributed by atoms with Gasteiger partial charge in [-0.2, -0.15) is 5.26 Å². The highest BCUT2D eigenvalue weighted by Crippen LogP contribution is 2.25. The minimum absolute atomic E-state index is 0.441. The molecule has 4 heteroatoms. The highest BCUT2D eigenvalue weighted by atomic mass is 35.5. The van der Waals surface area contributed by atoms with Gasteiger partial charge in [0.05, 0.1) is 5.56 Å². The SMILES string of the molecule is CC(C)CCN(C)c1nccc(C#N)c1Cl. The first kappa shape index (κ1) is 12.8. The van der Waals surface area contributed by atoms with E-state index >= 15 is 0 Å². The molecule has 3 nitrogen and oxygen atoms in total. The molecule has 0 atom stereocenters. The summed E-state index contributed by atoms with van der Waals surface area (Å²) in [5.41, 5.74) is 0.475. The zero-order chi connectivity index (χ0) is 12.1. The van der Waals surface area contributed by atoms with Crippen LogP contribution in [-0.2, 0) is 0 Å². The highest BCUT2D eigenvalue weighted by molar-refractivity contribution is 6.34. The maximum absolute atomic E-state index is 8.86. The smallest absolute Gasteiger partial charge is 0.148 e. The second-order valence-corrected chi connectivity index (χ2v) is 4.59. The molecule has 0 aliphatic heterocycles. The molecule has 1 aromatic rings. The number of hydrogen-bond acceptors (Lipinski definition) is 3. The largest absolute Gasteiger partial charge is 0.358 e. The van der Waals surface area contributed by atoms with Gasteiger partial charge in [0.15, 0.2) is 0 Å². The van der Waals surface area contributed by atoms with E-state index in [4.69, 9.17) is 16.9 Å². The van der Waals surface area contributed by atoms with E-state index in [0.29, 0.717) is 22.3 Å². The van der Waals surface area contributed by atoms with Gasteiger partial charge in [0.2, 0.25) is 0 Å². The average Bonchev–Trinajstić information content (AvgIpc) is 2.26. The topological polar surface area (TPSA) is 39.9 Å². The van der Waals surface area contributed by atoms with Crippen molar-refractivity contribution in [1.82, 2.24) is 4.98 Å². The first-order chi connectivity index (χ1) is 7.56. The van der Waals surface area contributed by atoms with Gasteiger partial charge in [-0.1, -0.05) is 25.4 Å². The number of rotatable bonds is 4. The van der Waals surface area contributed by atoms with Gasteiger partial charge in [-0.25, -0.2) is 4.98 Å². The molecule has 0 aliphatic carbocycles. The van der Waals surface area contributed by atoms with Crippen LogP contribution in [0, 0.1) is 17.2 Å². The molecule has 0 aromatic carbocycles. The number of anilines is 1. The van der Waals surface area contributed by atoms with Gasteiger partial charge in [-0.3, -0.25) is 0 Å². The van der Waals surface area contributed by atoms with Crippen molar-refractivity contribution in [2.45, 2.75) is 20.3 Å². The summed E-state index contributed by atoms with van der Waals surface area (Å²) in [6, 6.07) is 3.68. The Labute approximate surface area is 102 Å². The van der Waals surface area contributed by atoms with Crippen molar-refractivity contribution >= 4 is 17.4 Å². The van der Waals surface area contributed by atoms with E-state index in [0.717, 1.165) is 13.0 Å². The molecule has 0 fully saturated rings. The third-order valence-electron chi connectivity index (χ3n) is 2.39. The lowest BCUT2D eigenvalue weighted by molar-refractivity contribution is 0.583. The Morgan fingerprint density at radius 2 is 2.25 bits per heavy atom. The number of halogens is 1. The summed E-state index contributed by atoms with van der Waals surface area (Å²) in [5.74, 6) is 1.32. The molecule has 0 amide bonds. The van der Waals surface area contributed by atoms with Crippen LogP contribution in [0.25, 0.3) is 0 Å². The van der Waals surface area contributed by atoms with E-state index in [1.807, 2.05) is 11.9 Å². The average molecular weight is 238 g/mol. The second-order valence-electron chi connectivity index (χ2n) is 4.21. The van der Waals surface area contributed by atoms with Gasteiger partial charge in [0.1, 0.15) is 16.9 Å². The first-order valence-electron chi connectivity index (χ1n) is 5.32. The van der Waals surface area contributed by atoms with Crippen LogP contribution in [0.2, 0.25) is 5.02 Å². The van der Waals surface area contributed by atoms with E-state index in [1.165, 1.54) is 0 Å². The maximum atomic E-state index is 8.86. The van der Waals surface area contributed by atoms with Crippen molar-refractivity contribution in [2.75, 3.05) is 18.5 Å². The van der Waals surface area contributed by atoms with Gasteiger partial charge in [0.25, 0.3) is 0 Å². The molecule has 0 spiro atoms. The van der Waals surface area contributed by atoms with E-state index in [2.05, 4.69) is 24.9 Å². The Morgan fingerprint density at radius 1 is 1.56 bits per heavy atom. The lowest BCUT2D eigenvalue weighted by atomic mass is 10.1. The predicted octanol–water partition coefficient (Wildman–Crippen LogP) is 3.09. The lowest BCUT2D eigenvalue weighted by Gasteiger charge is -2.20. The van der Waals surface area contributed by atoms with Gasteiger partial charge < -0.3 is 4.90 Å². The summed E-state index contributed by atoms with van der Waals surface area (Å²) in [4.78, 5) is 6.20. The zero-order valence-corrected chi connectivity index (χ0v) is 10.6. The summed E-state index contributed by atoms with van der Waals surface area (Å²) < 4.78 is 0. The molecular weight excluding hydrogens is 222 g/mol. The van der Waals surface area contributed by atoms with E-state index in [9.17, 15) is 0 Å². The Balaban J connectivity index is 2.84. The fraction of sp³-hybridized carbons (Fsp3) is 0.500. The van der Waals surface area contributed by atoms with E-state index in [1.54, 1.807) is 12.3 Å². The zero-order valence-electron chi connectivity index (χ0n) is 9.87. The Kier molecular flexibility index (Phi) is 4.57. The summed E-state index contributed by atoms with van der Waals surface area (Å²) in [6.45, 7) is 5.24. The van der Waals surface area contributed by atoms with Crippen LogP contribution in [0.5, 0.6) is 0 Å². The standard InChI is InChI=1S/C12H16ClN3/c1-9(2)5-7-16(3)12-11(13)10(8-14)4-6-15-12/h4,6,9H,5,7H2,1-3H3. The van der Waals surface area contributed by atoms with Crippen LogP contribution >= 0.6 is 11.6 Å². The minimum atomic E-state index is 0.441. The van der Waals surface area contributed by atoms with Gasteiger partial charge in [-0.05, 0) is 18.4 Å².